The summed E-state index contributed by atoms with van der Waals surface area (Å²) >= 11 is 0. The highest BCUT2D eigenvalue weighted by atomic mass is 19.4. The number of benzene rings is 2. The normalized spacial score (nSPS) is 10.8. The molecule has 0 atom stereocenters. The average molecular weight is 427 g/mol. The topological polar surface area (TPSA) is 126 Å². The van der Waals surface area contributed by atoms with E-state index < -0.39 is 29.4 Å². The maximum atomic E-state index is 13.2. The molecule has 7 nitrogen and oxygen atoms in total. The molecule has 0 bridgehead atoms. The van der Waals surface area contributed by atoms with Crippen molar-refractivity contribution in [3.63, 3.8) is 0 Å². The molecule has 0 spiro atoms. The van der Waals surface area contributed by atoms with Crippen LogP contribution in [0.1, 0.15) is 37.7 Å². The van der Waals surface area contributed by atoms with E-state index in [-0.39, 0.29) is 33.6 Å². The number of aromatic hydroxyl groups is 1. The van der Waals surface area contributed by atoms with Gasteiger partial charge in [-0.1, -0.05) is 11.8 Å². The maximum Gasteiger partial charge on any atom is 0.417 e. The molecule has 10 heteroatoms. The van der Waals surface area contributed by atoms with Crippen LogP contribution < -0.4 is 5.73 Å². The van der Waals surface area contributed by atoms with Gasteiger partial charge in [0, 0.05) is 34.6 Å². The monoisotopic (exact) mass is 427 g/mol. The van der Waals surface area contributed by atoms with Crippen molar-refractivity contribution in [1.82, 2.24) is 9.97 Å². The summed E-state index contributed by atoms with van der Waals surface area (Å²) in [4.78, 5) is 30.0. The molecule has 0 aliphatic carbocycles. The molecule has 4 N–H and O–H groups in total. The van der Waals surface area contributed by atoms with Crippen LogP contribution >= 0.6 is 0 Å². The first-order chi connectivity index (χ1) is 14.6. The van der Waals surface area contributed by atoms with Crippen molar-refractivity contribution in [2.45, 2.75) is 6.18 Å². The van der Waals surface area contributed by atoms with Crippen LogP contribution in [-0.2, 0) is 6.18 Å². The van der Waals surface area contributed by atoms with E-state index in [4.69, 9.17) is 5.73 Å². The lowest BCUT2D eigenvalue weighted by Gasteiger charge is -2.09. The standard InChI is InChI=1S/C21H12F3N3O4/c22-21(23,24)17-8-15(28)6-5-12(17)3-1-11-2-4-13(20(30)31)7-16(11)14-9-26-19(18(25)29)27-10-14/h2,4-10,28H,(H2,25,29)(H,30,31). The molecule has 0 saturated heterocycles. The van der Waals surface area contributed by atoms with Crippen LogP contribution in [0.3, 0.4) is 0 Å². The highest BCUT2D eigenvalue weighted by molar-refractivity contribution is 5.91. The largest absolute Gasteiger partial charge is 0.508 e. The van der Waals surface area contributed by atoms with Crippen molar-refractivity contribution in [3.05, 3.63) is 76.9 Å². The van der Waals surface area contributed by atoms with E-state index in [1.54, 1.807) is 0 Å². The molecule has 2 aromatic carbocycles. The van der Waals surface area contributed by atoms with Gasteiger partial charge in [0.25, 0.3) is 5.91 Å². The van der Waals surface area contributed by atoms with Gasteiger partial charge < -0.3 is 15.9 Å². The van der Waals surface area contributed by atoms with Crippen LogP contribution in [0.2, 0.25) is 0 Å². The van der Waals surface area contributed by atoms with Gasteiger partial charge in [0.1, 0.15) is 5.75 Å². The van der Waals surface area contributed by atoms with Gasteiger partial charge in [0.05, 0.1) is 11.1 Å². The molecule has 3 aromatic rings. The Morgan fingerprint density at radius 2 is 1.58 bits per heavy atom. The smallest absolute Gasteiger partial charge is 0.417 e. The van der Waals surface area contributed by atoms with Crippen molar-refractivity contribution in [3.8, 4) is 28.7 Å². The minimum Gasteiger partial charge on any atom is -0.508 e. The van der Waals surface area contributed by atoms with E-state index >= 15 is 0 Å². The Balaban J connectivity index is 2.14. The van der Waals surface area contributed by atoms with Gasteiger partial charge in [0.15, 0.2) is 0 Å². The minimum atomic E-state index is -4.74. The molecule has 31 heavy (non-hydrogen) atoms. The number of carboxylic acid groups (broad SMARTS) is 1. The number of carboxylic acids is 1. The number of phenols is 1. The number of amides is 1. The maximum absolute atomic E-state index is 13.2. The van der Waals surface area contributed by atoms with Crippen LogP contribution in [0.15, 0.2) is 48.8 Å². The summed E-state index contributed by atoms with van der Waals surface area (Å²) in [6.07, 6.45) is -2.29. The predicted molar refractivity (Wildman–Crippen MR) is 102 cm³/mol. The molecule has 1 aromatic heterocycles. The van der Waals surface area contributed by atoms with Crippen molar-refractivity contribution in [1.29, 1.82) is 0 Å². The lowest BCUT2D eigenvalue weighted by molar-refractivity contribution is -0.137. The van der Waals surface area contributed by atoms with Gasteiger partial charge in [-0.3, -0.25) is 4.79 Å². The minimum absolute atomic E-state index is 0.0971. The lowest BCUT2D eigenvalue weighted by atomic mass is 9.98. The zero-order valence-electron chi connectivity index (χ0n) is 15.4. The Morgan fingerprint density at radius 1 is 0.968 bits per heavy atom. The molecule has 1 amide bonds. The lowest BCUT2D eigenvalue weighted by Crippen LogP contribution is -2.14. The number of nitrogens with two attached hydrogens (primary N) is 1. The first-order valence-corrected chi connectivity index (χ1v) is 8.48. The van der Waals surface area contributed by atoms with Gasteiger partial charge in [-0.05, 0) is 36.4 Å². The van der Waals surface area contributed by atoms with Crippen LogP contribution in [0.25, 0.3) is 11.1 Å². The number of carbonyl (C=O) groups excluding carboxylic acids is 1. The number of hydrogen-bond acceptors (Lipinski definition) is 5. The Hall–Kier alpha value is -4.39. The van der Waals surface area contributed by atoms with Crippen LogP contribution in [0.4, 0.5) is 13.2 Å². The van der Waals surface area contributed by atoms with Gasteiger partial charge in [-0.25, -0.2) is 14.8 Å². The van der Waals surface area contributed by atoms with Crippen molar-refractivity contribution < 1.29 is 33.0 Å². The number of aromatic carboxylic acids is 1. The molecule has 156 valence electrons. The first-order valence-electron chi connectivity index (χ1n) is 8.48. The average Bonchev–Trinajstić information content (AvgIpc) is 2.72. The van der Waals surface area contributed by atoms with Crippen LogP contribution in [-0.4, -0.2) is 32.1 Å². The van der Waals surface area contributed by atoms with E-state index in [1.165, 1.54) is 30.6 Å². The van der Waals surface area contributed by atoms with Gasteiger partial charge in [-0.15, -0.1) is 0 Å². The number of primary amides is 1. The number of alkyl halides is 3. The third kappa shape index (κ3) is 4.79. The Bertz CT molecular complexity index is 1240. The zero-order valence-corrected chi connectivity index (χ0v) is 15.4. The van der Waals surface area contributed by atoms with E-state index in [0.29, 0.717) is 6.07 Å². The number of nitrogens with zero attached hydrogens (tertiary/aromatic N) is 2. The SMILES string of the molecule is NC(=O)c1ncc(-c2cc(C(=O)O)ccc2C#Cc2ccc(O)cc2C(F)(F)F)cn1. The van der Waals surface area contributed by atoms with Crippen LogP contribution in [0, 0.1) is 11.8 Å². The van der Waals surface area contributed by atoms with E-state index in [2.05, 4.69) is 21.8 Å². The molecule has 0 radical (unpaired) electrons. The van der Waals surface area contributed by atoms with E-state index in [0.717, 1.165) is 12.1 Å². The molecule has 0 unspecified atom stereocenters. The molecule has 0 aliphatic heterocycles. The van der Waals surface area contributed by atoms with Gasteiger partial charge in [0.2, 0.25) is 5.82 Å². The number of rotatable bonds is 3. The highest BCUT2D eigenvalue weighted by Gasteiger charge is 2.33. The van der Waals surface area contributed by atoms with E-state index in [9.17, 15) is 33.0 Å². The molecule has 1 heterocycles. The summed E-state index contributed by atoms with van der Waals surface area (Å²) < 4.78 is 39.7. The summed E-state index contributed by atoms with van der Waals surface area (Å²) in [6, 6.07) is 6.51. The molecule has 0 aliphatic rings. The predicted octanol–water partition coefficient (Wildman–Crippen LogP) is 3.06. The Labute approximate surface area is 173 Å². The quantitative estimate of drug-likeness (QED) is 0.552. The first kappa shape index (κ1) is 21.3. The Morgan fingerprint density at radius 3 is 2.16 bits per heavy atom. The van der Waals surface area contributed by atoms with E-state index in [1.807, 2.05) is 0 Å². The molecular formula is C21H12F3N3O4. The summed E-state index contributed by atoms with van der Waals surface area (Å²) in [5, 5.41) is 18.6. The summed E-state index contributed by atoms with van der Waals surface area (Å²) in [5.41, 5.74) is 4.21. The second-order valence-corrected chi connectivity index (χ2v) is 6.20. The number of carbonyl (C=O) groups is 2. The fourth-order valence-corrected chi connectivity index (χ4v) is 2.63. The Kier molecular flexibility index (Phi) is 5.61. The highest BCUT2D eigenvalue weighted by Crippen LogP contribution is 2.34. The second-order valence-electron chi connectivity index (χ2n) is 6.20. The van der Waals surface area contributed by atoms with Crippen LogP contribution in [0.5, 0.6) is 5.75 Å². The molecule has 0 saturated carbocycles. The van der Waals surface area contributed by atoms with Gasteiger partial charge >= 0.3 is 12.1 Å². The van der Waals surface area contributed by atoms with Crippen molar-refractivity contribution in [2.24, 2.45) is 5.73 Å². The number of phenolic OH excluding ortho intramolecular Hbond substituents is 1. The molecular weight excluding hydrogens is 415 g/mol. The number of aromatic nitrogens is 2. The number of hydrogen-bond donors (Lipinski definition) is 3. The molecule has 3 rings (SSSR count). The third-order valence-corrected chi connectivity index (χ3v) is 4.09. The fraction of sp³-hybridized carbons (Fsp3) is 0.0476. The van der Waals surface area contributed by atoms with Crippen molar-refractivity contribution in [2.75, 3.05) is 0 Å². The second kappa shape index (κ2) is 8.16. The fourth-order valence-electron chi connectivity index (χ4n) is 2.63. The molecule has 0 fully saturated rings. The van der Waals surface area contributed by atoms with Crippen molar-refractivity contribution >= 4 is 11.9 Å². The zero-order chi connectivity index (χ0) is 22.8. The summed E-state index contributed by atoms with van der Waals surface area (Å²) in [6.45, 7) is 0. The summed E-state index contributed by atoms with van der Waals surface area (Å²) in [7, 11) is 0. The number of halogens is 3. The van der Waals surface area contributed by atoms with Gasteiger partial charge in [-0.2, -0.15) is 13.2 Å². The summed E-state index contributed by atoms with van der Waals surface area (Å²) in [5.74, 6) is 2.09. The third-order valence-electron chi connectivity index (χ3n) is 4.09.